The van der Waals surface area contributed by atoms with E-state index in [9.17, 15) is 0 Å². The topological polar surface area (TPSA) is 65.4 Å². The standard InChI is InChI=1S/C25H30N6/c1-2-26-25(30-22-12-16-31(17-13-22)24-11-4-6-15-28-24)29-19-20-8-7-9-21(18-20)23-10-3-5-14-27-23/h3-11,14-15,18,22H,2,12-13,16-17,19H2,1H3,(H2,26,29,30). The molecule has 160 valence electrons. The highest BCUT2D eigenvalue weighted by atomic mass is 15.2. The lowest BCUT2D eigenvalue weighted by atomic mass is 10.1. The second-order valence-electron chi connectivity index (χ2n) is 7.70. The van der Waals surface area contributed by atoms with Crippen molar-refractivity contribution in [2.24, 2.45) is 4.99 Å². The van der Waals surface area contributed by atoms with E-state index in [2.05, 4.69) is 62.8 Å². The lowest BCUT2D eigenvalue weighted by molar-refractivity contribution is 0.459. The predicted octanol–water partition coefficient (Wildman–Crippen LogP) is 3.87. The quantitative estimate of drug-likeness (QED) is 0.474. The van der Waals surface area contributed by atoms with Crippen molar-refractivity contribution < 1.29 is 0 Å². The maximum atomic E-state index is 4.84. The van der Waals surface area contributed by atoms with E-state index in [-0.39, 0.29) is 0 Å². The van der Waals surface area contributed by atoms with Crippen LogP contribution < -0.4 is 15.5 Å². The van der Waals surface area contributed by atoms with Crippen molar-refractivity contribution in [2.45, 2.75) is 32.4 Å². The summed E-state index contributed by atoms with van der Waals surface area (Å²) in [5.74, 6) is 1.94. The first-order valence-corrected chi connectivity index (χ1v) is 11.0. The number of aromatic nitrogens is 2. The molecule has 2 aromatic heterocycles. The molecule has 0 unspecified atom stereocenters. The molecular weight excluding hydrogens is 384 g/mol. The number of piperidine rings is 1. The van der Waals surface area contributed by atoms with Crippen LogP contribution in [0.3, 0.4) is 0 Å². The average molecular weight is 415 g/mol. The summed E-state index contributed by atoms with van der Waals surface area (Å²) >= 11 is 0. The summed E-state index contributed by atoms with van der Waals surface area (Å²) in [6, 6.07) is 20.9. The van der Waals surface area contributed by atoms with Crippen LogP contribution in [0, 0.1) is 0 Å². The van der Waals surface area contributed by atoms with E-state index in [1.54, 1.807) is 0 Å². The van der Waals surface area contributed by atoms with E-state index >= 15 is 0 Å². The van der Waals surface area contributed by atoms with Crippen molar-refractivity contribution in [3.8, 4) is 11.3 Å². The van der Waals surface area contributed by atoms with Gasteiger partial charge in [-0.25, -0.2) is 9.98 Å². The first-order chi connectivity index (χ1) is 15.3. The summed E-state index contributed by atoms with van der Waals surface area (Å²) in [5.41, 5.74) is 3.27. The minimum absolute atomic E-state index is 0.414. The third kappa shape index (κ3) is 5.81. The van der Waals surface area contributed by atoms with Crippen LogP contribution in [0.4, 0.5) is 5.82 Å². The third-order valence-corrected chi connectivity index (χ3v) is 5.46. The highest BCUT2D eigenvalue weighted by molar-refractivity contribution is 5.80. The third-order valence-electron chi connectivity index (χ3n) is 5.46. The largest absolute Gasteiger partial charge is 0.357 e. The Labute approximate surface area is 184 Å². The maximum absolute atomic E-state index is 4.84. The van der Waals surface area contributed by atoms with Crippen LogP contribution >= 0.6 is 0 Å². The zero-order valence-corrected chi connectivity index (χ0v) is 18.0. The fourth-order valence-corrected chi connectivity index (χ4v) is 3.84. The normalized spacial score (nSPS) is 15.0. The molecule has 0 amide bonds. The Kier molecular flexibility index (Phi) is 7.11. The minimum Gasteiger partial charge on any atom is -0.357 e. The van der Waals surface area contributed by atoms with Crippen molar-refractivity contribution in [1.29, 1.82) is 0 Å². The monoisotopic (exact) mass is 414 g/mol. The number of nitrogens with zero attached hydrogens (tertiary/aromatic N) is 4. The van der Waals surface area contributed by atoms with E-state index in [0.29, 0.717) is 12.6 Å². The Morgan fingerprint density at radius 3 is 2.52 bits per heavy atom. The molecule has 0 aliphatic carbocycles. The van der Waals surface area contributed by atoms with E-state index < -0.39 is 0 Å². The Hall–Kier alpha value is -3.41. The molecule has 3 aromatic rings. The van der Waals surface area contributed by atoms with Gasteiger partial charge in [0.2, 0.25) is 0 Å². The second-order valence-corrected chi connectivity index (χ2v) is 7.70. The second kappa shape index (κ2) is 10.6. The molecule has 0 radical (unpaired) electrons. The zero-order chi connectivity index (χ0) is 21.3. The molecule has 1 saturated heterocycles. The number of benzene rings is 1. The zero-order valence-electron chi connectivity index (χ0n) is 18.0. The molecule has 2 N–H and O–H groups in total. The van der Waals surface area contributed by atoms with E-state index in [4.69, 9.17) is 4.99 Å². The number of nitrogens with one attached hydrogen (secondary N) is 2. The Morgan fingerprint density at radius 1 is 1.00 bits per heavy atom. The smallest absolute Gasteiger partial charge is 0.191 e. The number of pyridine rings is 2. The fourth-order valence-electron chi connectivity index (χ4n) is 3.84. The van der Waals surface area contributed by atoms with Crippen molar-refractivity contribution in [2.75, 3.05) is 24.5 Å². The number of guanidine groups is 1. The van der Waals surface area contributed by atoms with Crippen molar-refractivity contribution in [3.63, 3.8) is 0 Å². The van der Waals surface area contributed by atoms with Gasteiger partial charge in [-0.3, -0.25) is 4.98 Å². The summed E-state index contributed by atoms with van der Waals surface area (Å²) in [4.78, 5) is 16.1. The van der Waals surface area contributed by atoms with Crippen LogP contribution in [0.2, 0.25) is 0 Å². The van der Waals surface area contributed by atoms with Crippen LogP contribution in [0.15, 0.2) is 78.0 Å². The highest BCUT2D eigenvalue weighted by Gasteiger charge is 2.20. The number of hydrogen-bond donors (Lipinski definition) is 2. The molecule has 0 saturated carbocycles. The highest BCUT2D eigenvalue weighted by Crippen LogP contribution is 2.19. The molecule has 1 aromatic carbocycles. The van der Waals surface area contributed by atoms with Crippen LogP contribution in [-0.4, -0.2) is 41.6 Å². The van der Waals surface area contributed by atoms with Crippen LogP contribution in [0.1, 0.15) is 25.3 Å². The first-order valence-electron chi connectivity index (χ1n) is 11.0. The Morgan fingerprint density at radius 2 is 1.81 bits per heavy atom. The van der Waals surface area contributed by atoms with Crippen molar-refractivity contribution in [3.05, 3.63) is 78.6 Å². The van der Waals surface area contributed by atoms with Gasteiger partial charge in [-0.2, -0.15) is 0 Å². The molecule has 1 aliphatic rings. The SMILES string of the molecule is CCNC(=NCc1cccc(-c2ccccn2)c1)NC1CCN(c2ccccn2)CC1. The van der Waals surface area contributed by atoms with Crippen LogP contribution in [0.5, 0.6) is 0 Å². The van der Waals surface area contributed by atoms with Crippen LogP contribution in [-0.2, 0) is 6.54 Å². The average Bonchev–Trinajstić information content (AvgIpc) is 2.84. The summed E-state index contributed by atoms with van der Waals surface area (Å²) in [6.07, 6.45) is 5.82. The van der Waals surface area contributed by atoms with E-state index in [1.807, 2.05) is 42.7 Å². The molecule has 1 fully saturated rings. The van der Waals surface area contributed by atoms with Gasteiger partial charge in [0, 0.05) is 43.6 Å². The number of aliphatic imine (C=N–C) groups is 1. The predicted molar refractivity (Wildman–Crippen MR) is 127 cm³/mol. The molecular formula is C25H30N6. The summed E-state index contributed by atoms with van der Waals surface area (Å²) in [5, 5.41) is 7.01. The van der Waals surface area contributed by atoms with Crippen LogP contribution in [0.25, 0.3) is 11.3 Å². The lowest BCUT2D eigenvalue weighted by Gasteiger charge is -2.33. The summed E-state index contributed by atoms with van der Waals surface area (Å²) < 4.78 is 0. The first kappa shape index (κ1) is 20.8. The molecule has 4 rings (SSSR count). The molecule has 0 spiro atoms. The molecule has 3 heterocycles. The van der Waals surface area contributed by atoms with Gasteiger partial charge in [0.15, 0.2) is 5.96 Å². The van der Waals surface area contributed by atoms with Gasteiger partial charge in [0.25, 0.3) is 0 Å². The fraction of sp³-hybridized carbons (Fsp3) is 0.320. The van der Waals surface area contributed by atoms with E-state index in [0.717, 1.165) is 55.5 Å². The Balaban J connectivity index is 1.36. The maximum Gasteiger partial charge on any atom is 0.191 e. The van der Waals surface area contributed by atoms with Gasteiger partial charge in [-0.05, 0) is 55.7 Å². The van der Waals surface area contributed by atoms with Gasteiger partial charge in [-0.15, -0.1) is 0 Å². The van der Waals surface area contributed by atoms with E-state index in [1.165, 1.54) is 5.56 Å². The molecule has 0 bridgehead atoms. The van der Waals surface area contributed by atoms with Gasteiger partial charge < -0.3 is 15.5 Å². The number of anilines is 1. The molecule has 0 atom stereocenters. The van der Waals surface area contributed by atoms with Gasteiger partial charge in [-0.1, -0.05) is 30.3 Å². The molecule has 31 heavy (non-hydrogen) atoms. The van der Waals surface area contributed by atoms with Crippen molar-refractivity contribution >= 4 is 11.8 Å². The minimum atomic E-state index is 0.414. The number of hydrogen-bond acceptors (Lipinski definition) is 4. The van der Waals surface area contributed by atoms with Gasteiger partial charge in [0.05, 0.1) is 12.2 Å². The molecule has 6 heteroatoms. The lowest BCUT2D eigenvalue weighted by Crippen LogP contribution is -2.48. The van der Waals surface area contributed by atoms with Gasteiger partial charge in [0.1, 0.15) is 5.82 Å². The molecule has 1 aliphatic heterocycles. The summed E-state index contributed by atoms with van der Waals surface area (Å²) in [6.45, 7) is 5.57. The number of rotatable bonds is 6. The van der Waals surface area contributed by atoms with Gasteiger partial charge >= 0.3 is 0 Å². The van der Waals surface area contributed by atoms with Crippen molar-refractivity contribution in [1.82, 2.24) is 20.6 Å². The Bertz CT molecular complexity index is 966. The molecule has 6 nitrogen and oxygen atoms in total. The summed E-state index contributed by atoms with van der Waals surface area (Å²) in [7, 11) is 0.